The maximum atomic E-state index is 11.6. The molecule has 200 valence electrons. The fourth-order valence-corrected chi connectivity index (χ4v) is 5.12. The van der Waals surface area contributed by atoms with E-state index < -0.39 is 24.5 Å². The summed E-state index contributed by atoms with van der Waals surface area (Å²) in [5.41, 5.74) is 0. The summed E-state index contributed by atoms with van der Waals surface area (Å²) in [4.78, 5) is 0. The van der Waals surface area contributed by atoms with Crippen LogP contribution < -0.4 is 0 Å². The Morgan fingerprint density at radius 2 is 1.15 bits per heavy atom. The van der Waals surface area contributed by atoms with Gasteiger partial charge in [0, 0.05) is 6.61 Å². The Bertz CT molecular complexity index is 558. The lowest BCUT2D eigenvalue weighted by Gasteiger charge is -2.37. The van der Waals surface area contributed by atoms with Crippen molar-refractivity contribution in [3.8, 4) is 0 Å². The Balaban J connectivity index is 3.82. The minimum absolute atomic E-state index is 0.0672. The Labute approximate surface area is 208 Å². The zero-order valence-electron chi connectivity index (χ0n) is 23.0. The summed E-state index contributed by atoms with van der Waals surface area (Å²) >= 11 is 0. The van der Waals surface area contributed by atoms with Gasteiger partial charge < -0.3 is 9.16 Å². The Kier molecular flexibility index (Phi) is 18.4. The fraction of sp³-hybridized carbons (Fsp3) is 1.00. The van der Waals surface area contributed by atoms with E-state index >= 15 is 0 Å². The van der Waals surface area contributed by atoms with E-state index in [4.69, 9.17) is 13.3 Å². The molecule has 0 aliphatic rings. The highest BCUT2D eigenvalue weighted by atomic mass is 32.2. The Hall–Kier alpha value is 0.0469. The van der Waals surface area contributed by atoms with Gasteiger partial charge in [0.2, 0.25) is 0 Å². The predicted molar refractivity (Wildman–Crippen MR) is 144 cm³/mol. The van der Waals surface area contributed by atoms with Crippen molar-refractivity contribution >= 4 is 18.4 Å². The highest BCUT2D eigenvalue weighted by Gasteiger charge is 2.38. The van der Waals surface area contributed by atoms with Crippen molar-refractivity contribution in [2.24, 2.45) is 0 Å². The van der Waals surface area contributed by atoms with Crippen LogP contribution in [0.15, 0.2) is 0 Å². The lowest BCUT2D eigenvalue weighted by atomic mass is 10.0. The van der Waals surface area contributed by atoms with Gasteiger partial charge in [0.15, 0.2) is 8.32 Å². The van der Waals surface area contributed by atoms with Crippen LogP contribution in [0.2, 0.25) is 18.1 Å². The summed E-state index contributed by atoms with van der Waals surface area (Å²) < 4.78 is 40.3. The maximum absolute atomic E-state index is 11.6. The first kappa shape index (κ1) is 33.0. The van der Waals surface area contributed by atoms with Crippen molar-refractivity contribution in [3.63, 3.8) is 0 Å². The van der Waals surface area contributed by atoms with Crippen molar-refractivity contribution in [3.05, 3.63) is 0 Å². The van der Waals surface area contributed by atoms with E-state index in [1.165, 1.54) is 77.0 Å². The number of unbranched alkanes of at least 4 members (excludes halogenated alkanes) is 13. The molecule has 0 N–H and O–H groups in total. The monoisotopic (exact) mass is 508 g/mol. The van der Waals surface area contributed by atoms with E-state index in [0.29, 0.717) is 6.61 Å². The fourth-order valence-electron chi connectivity index (χ4n) is 3.48. The van der Waals surface area contributed by atoms with Gasteiger partial charge >= 0.3 is 0 Å². The lowest BCUT2D eigenvalue weighted by molar-refractivity contribution is 0.0252. The van der Waals surface area contributed by atoms with E-state index in [1.54, 1.807) is 0 Å². The third-order valence-electron chi connectivity index (χ3n) is 6.69. The van der Waals surface area contributed by atoms with E-state index in [2.05, 4.69) is 40.8 Å². The number of hydrogen-bond donors (Lipinski definition) is 0. The predicted octanol–water partition coefficient (Wildman–Crippen LogP) is 7.85. The van der Waals surface area contributed by atoms with Crippen LogP contribution in [0.1, 0.15) is 118 Å². The molecule has 33 heavy (non-hydrogen) atoms. The molecule has 0 amide bonds. The molecule has 0 rings (SSSR count). The number of hydrogen-bond acceptors (Lipinski definition) is 5. The molecular weight excluding hydrogens is 452 g/mol. The average Bonchev–Trinajstić information content (AvgIpc) is 2.69. The summed E-state index contributed by atoms with van der Waals surface area (Å²) in [5.74, 6) is 0. The first-order chi connectivity index (χ1) is 15.4. The van der Waals surface area contributed by atoms with Crippen LogP contribution in [0, 0.1) is 0 Å². The third kappa shape index (κ3) is 20.0. The summed E-state index contributed by atoms with van der Waals surface area (Å²) in [6.45, 7) is 14.2. The molecule has 0 heterocycles. The molecular formula is C26H56O5SSi. The molecule has 0 saturated heterocycles. The minimum atomic E-state index is -3.54. The molecule has 5 nitrogen and oxygen atoms in total. The van der Waals surface area contributed by atoms with Crippen molar-refractivity contribution in [1.29, 1.82) is 0 Å². The number of ether oxygens (including phenoxy) is 1. The summed E-state index contributed by atoms with van der Waals surface area (Å²) in [6.07, 6.45) is 19.1. The first-order valence-corrected chi connectivity index (χ1v) is 18.2. The molecule has 0 aromatic rings. The van der Waals surface area contributed by atoms with Crippen LogP contribution in [-0.4, -0.2) is 48.9 Å². The molecule has 0 fully saturated rings. The molecule has 0 spiro atoms. The van der Waals surface area contributed by atoms with Crippen LogP contribution in [0.3, 0.4) is 0 Å². The largest absolute Gasteiger partial charge is 0.414 e. The van der Waals surface area contributed by atoms with Crippen molar-refractivity contribution in [1.82, 2.24) is 0 Å². The van der Waals surface area contributed by atoms with Crippen LogP contribution >= 0.6 is 0 Å². The van der Waals surface area contributed by atoms with E-state index in [1.807, 2.05) is 0 Å². The van der Waals surface area contributed by atoms with Crippen LogP contribution in [0.4, 0.5) is 0 Å². The minimum Gasteiger partial charge on any atom is -0.414 e. The van der Waals surface area contributed by atoms with Crippen LogP contribution in [0.5, 0.6) is 0 Å². The van der Waals surface area contributed by atoms with E-state index in [0.717, 1.165) is 19.1 Å². The molecule has 0 aromatic carbocycles. The average molecular weight is 509 g/mol. The van der Waals surface area contributed by atoms with Gasteiger partial charge in [0.1, 0.15) is 6.10 Å². The van der Waals surface area contributed by atoms with Gasteiger partial charge in [-0.05, 0) is 24.6 Å². The molecule has 0 aliphatic carbocycles. The van der Waals surface area contributed by atoms with Gasteiger partial charge in [-0.1, -0.05) is 111 Å². The Morgan fingerprint density at radius 1 is 0.727 bits per heavy atom. The van der Waals surface area contributed by atoms with Gasteiger partial charge in [-0.25, -0.2) is 0 Å². The van der Waals surface area contributed by atoms with Gasteiger partial charge in [0.05, 0.1) is 19.5 Å². The molecule has 0 saturated carbocycles. The molecule has 0 bridgehead atoms. The molecule has 1 atom stereocenters. The maximum Gasteiger partial charge on any atom is 0.264 e. The van der Waals surface area contributed by atoms with Crippen molar-refractivity contribution in [2.45, 2.75) is 142 Å². The highest BCUT2D eigenvalue weighted by Crippen LogP contribution is 2.36. The Morgan fingerprint density at radius 3 is 1.55 bits per heavy atom. The molecule has 7 heteroatoms. The molecule has 0 aromatic heterocycles. The lowest BCUT2D eigenvalue weighted by Crippen LogP contribution is -2.44. The topological polar surface area (TPSA) is 61.8 Å². The molecule has 0 aliphatic heterocycles. The number of rotatable bonds is 22. The van der Waals surface area contributed by atoms with E-state index in [9.17, 15) is 8.42 Å². The van der Waals surface area contributed by atoms with Gasteiger partial charge in [0.25, 0.3) is 10.1 Å². The standard InChI is InChI=1S/C26H56O5SSi/c1-8-9-10-11-12-13-14-15-16-17-18-19-20-21-22-29-23-25(31-32(5,27)28)24-30-33(6,7)26(2,3)4/h25H,8-24H2,1-7H3. The first-order valence-electron chi connectivity index (χ1n) is 13.5. The summed E-state index contributed by atoms with van der Waals surface area (Å²) in [5, 5.41) is 0.0672. The normalized spacial score (nSPS) is 14.0. The third-order valence-corrected chi connectivity index (χ3v) is 11.8. The summed E-state index contributed by atoms with van der Waals surface area (Å²) in [7, 11) is -5.51. The quantitative estimate of drug-likeness (QED) is 0.0846. The molecule has 0 radical (unpaired) electrons. The van der Waals surface area contributed by atoms with Crippen LogP contribution in [0.25, 0.3) is 0 Å². The van der Waals surface area contributed by atoms with Gasteiger partial charge in [-0.3, -0.25) is 4.18 Å². The second-order valence-corrected chi connectivity index (χ2v) is 17.6. The van der Waals surface area contributed by atoms with Crippen molar-refractivity contribution < 1.29 is 21.8 Å². The summed E-state index contributed by atoms with van der Waals surface area (Å²) in [6, 6.07) is 0. The second kappa shape index (κ2) is 18.3. The van der Waals surface area contributed by atoms with E-state index in [-0.39, 0.29) is 18.3 Å². The smallest absolute Gasteiger partial charge is 0.264 e. The zero-order valence-corrected chi connectivity index (χ0v) is 24.9. The SMILES string of the molecule is CCCCCCCCCCCCCCCCOCC(CO[Si](C)(C)C(C)(C)C)OS(C)(=O)=O. The van der Waals surface area contributed by atoms with Gasteiger partial charge in [-0.15, -0.1) is 0 Å². The molecule has 1 unspecified atom stereocenters. The highest BCUT2D eigenvalue weighted by molar-refractivity contribution is 7.86. The van der Waals surface area contributed by atoms with Crippen molar-refractivity contribution in [2.75, 3.05) is 26.1 Å². The van der Waals surface area contributed by atoms with Crippen LogP contribution in [-0.2, 0) is 23.5 Å². The van der Waals surface area contributed by atoms with Gasteiger partial charge in [-0.2, -0.15) is 8.42 Å². The second-order valence-electron chi connectivity index (χ2n) is 11.2. The zero-order chi connectivity index (χ0) is 25.2.